The highest BCUT2D eigenvalue weighted by Crippen LogP contribution is 2.38. The van der Waals surface area contributed by atoms with Crippen molar-refractivity contribution in [3.05, 3.63) is 42.2 Å². The number of carbonyl (C=O) groups is 1. The molecule has 0 unspecified atom stereocenters. The zero-order valence-electron chi connectivity index (χ0n) is 13.0. The van der Waals surface area contributed by atoms with E-state index in [1.54, 1.807) is 13.2 Å². The molecule has 2 heterocycles. The van der Waals surface area contributed by atoms with Crippen LogP contribution in [0.5, 0.6) is 5.75 Å². The molecule has 4 rings (SSSR count). The minimum absolute atomic E-state index is 0.153. The van der Waals surface area contributed by atoms with E-state index < -0.39 is 0 Å². The number of hydrogen-bond donors (Lipinski definition) is 1. The summed E-state index contributed by atoms with van der Waals surface area (Å²) >= 11 is 0. The predicted octanol–water partition coefficient (Wildman–Crippen LogP) is 2.86. The van der Waals surface area contributed by atoms with Crippen molar-refractivity contribution in [2.24, 2.45) is 5.92 Å². The lowest BCUT2D eigenvalue weighted by Gasteiger charge is -2.39. The van der Waals surface area contributed by atoms with Gasteiger partial charge >= 0.3 is 0 Å². The van der Waals surface area contributed by atoms with Crippen molar-refractivity contribution in [1.29, 1.82) is 0 Å². The number of furan rings is 1. The summed E-state index contributed by atoms with van der Waals surface area (Å²) in [5.41, 5.74) is 0.915. The molecule has 0 bridgehead atoms. The van der Waals surface area contributed by atoms with E-state index in [0.717, 1.165) is 30.8 Å². The molecular weight excluding hydrogens is 294 g/mol. The summed E-state index contributed by atoms with van der Waals surface area (Å²) in [6.45, 7) is 0.810. The Hall–Kier alpha value is -2.27. The number of amides is 1. The van der Waals surface area contributed by atoms with Crippen LogP contribution >= 0.6 is 0 Å². The van der Waals surface area contributed by atoms with E-state index in [4.69, 9.17) is 13.9 Å². The maximum Gasteiger partial charge on any atom is 0.287 e. The van der Waals surface area contributed by atoms with E-state index in [1.807, 2.05) is 30.3 Å². The number of fused-ring (bicyclic) bond motifs is 1. The number of benzene rings is 1. The van der Waals surface area contributed by atoms with Gasteiger partial charge in [0.2, 0.25) is 0 Å². The van der Waals surface area contributed by atoms with Gasteiger partial charge in [0.1, 0.15) is 11.5 Å². The quantitative estimate of drug-likeness (QED) is 0.943. The van der Waals surface area contributed by atoms with Gasteiger partial charge in [-0.2, -0.15) is 0 Å². The first kappa shape index (κ1) is 14.3. The lowest BCUT2D eigenvalue weighted by molar-refractivity contribution is 0.00773. The Morgan fingerprint density at radius 1 is 1.22 bits per heavy atom. The number of carbonyl (C=O) groups excluding carboxylic acids is 1. The largest absolute Gasteiger partial charge is 0.497 e. The Balaban J connectivity index is 1.43. The molecule has 1 aromatic carbocycles. The van der Waals surface area contributed by atoms with E-state index in [1.165, 1.54) is 0 Å². The van der Waals surface area contributed by atoms with Gasteiger partial charge in [-0.15, -0.1) is 0 Å². The molecule has 1 aromatic heterocycles. The smallest absolute Gasteiger partial charge is 0.287 e. The van der Waals surface area contributed by atoms with Crippen molar-refractivity contribution in [1.82, 2.24) is 5.32 Å². The van der Waals surface area contributed by atoms with Crippen molar-refractivity contribution in [3.8, 4) is 17.1 Å². The molecule has 2 fully saturated rings. The number of nitrogens with one attached hydrogen (secondary N) is 1. The standard InChI is InChI=1S/C18H19NO4/c1-21-12-4-2-11(3-5-12)15-6-7-16(23-15)18(20)19-14-10-17-13(14)8-9-22-17/h2-7,13-14,17H,8-10H2,1H3,(H,19,20)/t13-,14-,17+/m1/s1. The number of ether oxygens (including phenoxy) is 2. The third-order valence-corrected chi connectivity index (χ3v) is 4.78. The van der Waals surface area contributed by atoms with Crippen molar-refractivity contribution in [2.45, 2.75) is 25.0 Å². The van der Waals surface area contributed by atoms with Crippen LogP contribution in [0.4, 0.5) is 0 Å². The molecule has 5 nitrogen and oxygen atoms in total. The lowest BCUT2D eigenvalue weighted by atomic mass is 9.76. The molecule has 3 atom stereocenters. The van der Waals surface area contributed by atoms with Crippen LogP contribution in [0.15, 0.2) is 40.8 Å². The minimum atomic E-state index is -0.153. The van der Waals surface area contributed by atoms with Crippen LogP contribution in [0.25, 0.3) is 11.3 Å². The number of rotatable bonds is 4. The van der Waals surface area contributed by atoms with Gasteiger partial charge in [-0.1, -0.05) is 0 Å². The Morgan fingerprint density at radius 2 is 2.04 bits per heavy atom. The molecule has 0 radical (unpaired) electrons. The van der Waals surface area contributed by atoms with Gasteiger partial charge in [0.25, 0.3) is 5.91 Å². The molecular formula is C18H19NO4. The molecule has 2 aliphatic rings. The molecule has 5 heteroatoms. The van der Waals surface area contributed by atoms with Crippen LogP contribution in [0.1, 0.15) is 23.4 Å². The second-order valence-corrected chi connectivity index (χ2v) is 6.07. The van der Waals surface area contributed by atoms with Gasteiger partial charge in [0, 0.05) is 24.1 Å². The molecule has 2 aromatic rings. The van der Waals surface area contributed by atoms with Crippen molar-refractivity contribution in [3.63, 3.8) is 0 Å². The molecule has 1 aliphatic heterocycles. The summed E-state index contributed by atoms with van der Waals surface area (Å²) in [6.07, 6.45) is 2.28. The average Bonchev–Trinajstić information content (AvgIpc) is 3.19. The third-order valence-electron chi connectivity index (χ3n) is 4.78. The van der Waals surface area contributed by atoms with Gasteiger partial charge in [0.05, 0.1) is 13.2 Å². The fourth-order valence-electron chi connectivity index (χ4n) is 3.37. The van der Waals surface area contributed by atoms with E-state index >= 15 is 0 Å². The van der Waals surface area contributed by atoms with Crippen molar-refractivity contribution in [2.75, 3.05) is 13.7 Å². The van der Waals surface area contributed by atoms with Crippen LogP contribution in [0.3, 0.4) is 0 Å². The summed E-state index contributed by atoms with van der Waals surface area (Å²) in [5, 5.41) is 3.05. The Morgan fingerprint density at radius 3 is 2.78 bits per heavy atom. The molecule has 1 aliphatic carbocycles. The van der Waals surface area contributed by atoms with E-state index in [9.17, 15) is 4.79 Å². The van der Waals surface area contributed by atoms with Crippen molar-refractivity contribution < 1.29 is 18.7 Å². The number of hydrogen-bond acceptors (Lipinski definition) is 4. The fraction of sp³-hybridized carbons (Fsp3) is 0.389. The van der Waals surface area contributed by atoms with Gasteiger partial charge in [-0.3, -0.25) is 4.79 Å². The summed E-state index contributed by atoms with van der Waals surface area (Å²) in [6, 6.07) is 11.3. The molecule has 0 spiro atoms. The molecule has 120 valence electrons. The van der Waals surface area contributed by atoms with Crippen LogP contribution in [-0.4, -0.2) is 31.8 Å². The summed E-state index contributed by atoms with van der Waals surface area (Å²) in [5.74, 6) is 2.12. The molecule has 1 N–H and O–H groups in total. The Bertz CT molecular complexity index is 706. The number of methoxy groups -OCH3 is 1. The zero-order chi connectivity index (χ0) is 15.8. The Labute approximate surface area is 134 Å². The lowest BCUT2D eigenvalue weighted by Crippen LogP contribution is -2.53. The Kier molecular flexibility index (Phi) is 3.58. The van der Waals surface area contributed by atoms with Crippen molar-refractivity contribution >= 4 is 5.91 Å². The highest BCUT2D eigenvalue weighted by Gasteiger charge is 2.45. The second kappa shape index (κ2) is 5.74. The maximum absolute atomic E-state index is 12.3. The molecule has 1 saturated heterocycles. The minimum Gasteiger partial charge on any atom is -0.497 e. The van der Waals surface area contributed by atoms with E-state index in [0.29, 0.717) is 23.5 Å². The highest BCUT2D eigenvalue weighted by atomic mass is 16.5. The van der Waals surface area contributed by atoms with Gasteiger partial charge in [-0.25, -0.2) is 0 Å². The molecule has 1 amide bonds. The predicted molar refractivity (Wildman–Crippen MR) is 84.4 cm³/mol. The van der Waals surface area contributed by atoms with Crippen LogP contribution in [0, 0.1) is 5.92 Å². The second-order valence-electron chi connectivity index (χ2n) is 6.07. The molecule has 23 heavy (non-hydrogen) atoms. The van der Waals surface area contributed by atoms with Gasteiger partial charge < -0.3 is 19.2 Å². The molecule has 1 saturated carbocycles. The van der Waals surface area contributed by atoms with Crippen LogP contribution in [0.2, 0.25) is 0 Å². The fourth-order valence-corrected chi connectivity index (χ4v) is 3.37. The van der Waals surface area contributed by atoms with Gasteiger partial charge in [-0.05, 0) is 49.2 Å². The SMILES string of the molecule is COc1ccc(-c2ccc(C(=O)N[C@@H]3C[C@@H]4OCC[C@@H]43)o2)cc1. The first-order valence-corrected chi connectivity index (χ1v) is 7.91. The topological polar surface area (TPSA) is 60.7 Å². The average molecular weight is 313 g/mol. The zero-order valence-corrected chi connectivity index (χ0v) is 13.0. The van der Waals surface area contributed by atoms with E-state index in [-0.39, 0.29) is 11.9 Å². The van der Waals surface area contributed by atoms with Crippen LogP contribution < -0.4 is 10.1 Å². The van der Waals surface area contributed by atoms with Crippen LogP contribution in [-0.2, 0) is 4.74 Å². The maximum atomic E-state index is 12.3. The first-order chi connectivity index (χ1) is 11.2. The monoisotopic (exact) mass is 313 g/mol. The van der Waals surface area contributed by atoms with Gasteiger partial charge in [0.15, 0.2) is 5.76 Å². The highest BCUT2D eigenvalue weighted by molar-refractivity contribution is 5.92. The summed E-state index contributed by atoms with van der Waals surface area (Å²) < 4.78 is 16.4. The normalized spacial score (nSPS) is 25.5. The summed E-state index contributed by atoms with van der Waals surface area (Å²) in [4.78, 5) is 12.3. The first-order valence-electron chi connectivity index (χ1n) is 7.91. The summed E-state index contributed by atoms with van der Waals surface area (Å²) in [7, 11) is 1.63. The van der Waals surface area contributed by atoms with E-state index in [2.05, 4.69) is 5.32 Å². The third kappa shape index (κ3) is 2.61.